The molecular weight excluding hydrogens is 256 g/mol. The van der Waals surface area contributed by atoms with Gasteiger partial charge in [-0.05, 0) is 18.6 Å². The zero-order valence-electron chi connectivity index (χ0n) is 11.5. The van der Waals surface area contributed by atoms with Crippen LogP contribution in [0.1, 0.15) is 13.3 Å². The summed E-state index contributed by atoms with van der Waals surface area (Å²) in [5.74, 6) is 0.122. The normalized spacial score (nSPS) is 16.4. The first-order chi connectivity index (χ1) is 9.63. The second-order valence-electron chi connectivity index (χ2n) is 5.07. The van der Waals surface area contributed by atoms with E-state index in [9.17, 15) is 4.79 Å². The van der Waals surface area contributed by atoms with E-state index >= 15 is 0 Å². The number of benzene rings is 1. The summed E-state index contributed by atoms with van der Waals surface area (Å²) < 4.78 is 5.77. The molecule has 2 aromatic rings. The molecule has 0 atom stereocenters. The van der Waals surface area contributed by atoms with E-state index in [0.29, 0.717) is 23.8 Å². The molecule has 2 heterocycles. The monoisotopic (exact) mass is 274 g/mol. The fourth-order valence-corrected chi connectivity index (χ4v) is 2.49. The summed E-state index contributed by atoms with van der Waals surface area (Å²) in [6.45, 7) is 4.68. The molecule has 106 valence electrons. The van der Waals surface area contributed by atoms with Gasteiger partial charge in [-0.15, -0.1) is 0 Å². The van der Waals surface area contributed by atoms with Crippen molar-refractivity contribution in [1.82, 2.24) is 9.88 Å². The van der Waals surface area contributed by atoms with Crippen molar-refractivity contribution in [3.63, 3.8) is 0 Å². The zero-order chi connectivity index (χ0) is 14.1. The van der Waals surface area contributed by atoms with Crippen LogP contribution in [0, 0.1) is 0 Å². The van der Waals surface area contributed by atoms with Crippen molar-refractivity contribution in [2.75, 3.05) is 36.8 Å². The molecule has 1 aromatic carbocycles. The molecule has 0 spiro atoms. The molecule has 0 unspecified atom stereocenters. The maximum Gasteiger partial charge on any atom is 0.298 e. The van der Waals surface area contributed by atoms with Gasteiger partial charge in [-0.25, -0.2) is 0 Å². The average Bonchev–Trinajstić information content (AvgIpc) is 2.67. The Kier molecular flexibility index (Phi) is 3.22. The van der Waals surface area contributed by atoms with Crippen LogP contribution < -0.4 is 10.6 Å². The van der Waals surface area contributed by atoms with Gasteiger partial charge in [0, 0.05) is 44.9 Å². The number of oxazole rings is 1. The first-order valence-electron chi connectivity index (χ1n) is 6.80. The van der Waals surface area contributed by atoms with Crippen LogP contribution in [-0.4, -0.2) is 42.0 Å². The lowest BCUT2D eigenvalue weighted by molar-refractivity contribution is -0.128. The van der Waals surface area contributed by atoms with E-state index in [1.165, 1.54) is 0 Å². The van der Waals surface area contributed by atoms with E-state index in [4.69, 9.17) is 10.2 Å². The summed E-state index contributed by atoms with van der Waals surface area (Å²) in [7, 11) is 0. The molecule has 1 aromatic heterocycles. The molecular formula is C14H18N4O2. The number of rotatable bonds is 1. The highest BCUT2D eigenvalue weighted by atomic mass is 16.4. The van der Waals surface area contributed by atoms with Gasteiger partial charge >= 0.3 is 0 Å². The Bertz CT molecular complexity index is 637. The molecule has 20 heavy (non-hydrogen) atoms. The minimum absolute atomic E-state index is 0.122. The third-order valence-corrected chi connectivity index (χ3v) is 3.61. The van der Waals surface area contributed by atoms with E-state index in [0.717, 1.165) is 31.6 Å². The van der Waals surface area contributed by atoms with Crippen LogP contribution in [0.4, 0.5) is 11.7 Å². The number of nitrogens with two attached hydrogens (primary N) is 1. The van der Waals surface area contributed by atoms with Gasteiger partial charge in [-0.2, -0.15) is 4.98 Å². The van der Waals surface area contributed by atoms with Crippen molar-refractivity contribution in [2.45, 2.75) is 13.3 Å². The number of anilines is 2. The minimum Gasteiger partial charge on any atom is -0.423 e. The van der Waals surface area contributed by atoms with Gasteiger partial charge in [0.05, 0.1) is 0 Å². The number of nitrogens with zero attached hydrogens (tertiary/aromatic N) is 3. The maximum absolute atomic E-state index is 11.4. The second-order valence-corrected chi connectivity index (χ2v) is 5.07. The standard InChI is InChI=1S/C14H18N4O2/c1-10(19)17-5-2-6-18(8-7-17)14-16-12-4-3-11(15)9-13(12)20-14/h3-4,9H,2,5-8,15H2,1H3. The Hall–Kier alpha value is -2.24. The van der Waals surface area contributed by atoms with Crippen LogP contribution in [0.3, 0.4) is 0 Å². The zero-order valence-corrected chi connectivity index (χ0v) is 11.5. The molecule has 0 bridgehead atoms. The van der Waals surface area contributed by atoms with Gasteiger partial charge in [0.2, 0.25) is 5.91 Å². The first-order valence-corrected chi connectivity index (χ1v) is 6.80. The molecule has 6 heteroatoms. The van der Waals surface area contributed by atoms with Crippen LogP contribution in [-0.2, 0) is 4.79 Å². The largest absolute Gasteiger partial charge is 0.423 e. The number of amides is 1. The molecule has 3 rings (SSSR count). The van der Waals surface area contributed by atoms with E-state index in [1.54, 1.807) is 13.0 Å². The highest BCUT2D eigenvalue weighted by Crippen LogP contribution is 2.24. The minimum atomic E-state index is 0.122. The summed E-state index contributed by atoms with van der Waals surface area (Å²) in [5, 5.41) is 0. The summed E-state index contributed by atoms with van der Waals surface area (Å²) in [5.41, 5.74) is 7.92. The Morgan fingerprint density at radius 3 is 2.95 bits per heavy atom. The molecule has 1 aliphatic heterocycles. The molecule has 1 fully saturated rings. The lowest BCUT2D eigenvalue weighted by Crippen LogP contribution is -2.33. The van der Waals surface area contributed by atoms with Crippen LogP contribution >= 0.6 is 0 Å². The Balaban J connectivity index is 1.82. The molecule has 0 saturated carbocycles. The molecule has 6 nitrogen and oxygen atoms in total. The SMILES string of the molecule is CC(=O)N1CCCN(c2nc3ccc(N)cc3o2)CC1. The number of nitrogen functional groups attached to an aromatic ring is 1. The number of hydrogen-bond donors (Lipinski definition) is 1. The van der Waals surface area contributed by atoms with Crippen LogP contribution in [0.15, 0.2) is 22.6 Å². The quantitative estimate of drug-likeness (QED) is 0.797. The third-order valence-electron chi connectivity index (χ3n) is 3.61. The molecule has 0 radical (unpaired) electrons. The topological polar surface area (TPSA) is 75.6 Å². The fourth-order valence-electron chi connectivity index (χ4n) is 2.49. The van der Waals surface area contributed by atoms with Gasteiger partial charge in [0.25, 0.3) is 6.01 Å². The third kappa shape index (κ3) is 2.41. The predicted octanol–water partition coefficient (Wildman–Crippen LogP) is 1.47. The van der Waals surface area contributed by atoms with Gasteiger partial charge in [-0.3, -0.25) is 4.79 Å². The smallest absolute Gasteiger partial charge is 0.298 e. The van der Waals surface area contributed by atoms with Crippen molar-refractivity contribution in [2.24, 2.45) is 0 Å². The molecule has 0 aliphatic carbocycles. The lowest BCUT2D eigenvalue weighted by atomic mass is 10.3. The average molecular weight is 274 g/mol. The first kappa shape index (κ1) is 12.8. The predicted molar refractivity (Wildman–Crippen MR) is 77.5 cm³/mol. The molecule has 2 N–H and O–H groups in total. The van der Waals surface area contributed by atoms with Gasteiger partial charge in [0.1, 0.15) is 5.52 Å². The summed E-state index contributed by atoms with van der Waals surface area (Å²) in [6.07, 6.45) is 0.917. The fraction of sp³-hybridized carbons (Fsp3) is 0.429. The number of carbonyl (C=O) groups excluding carboxylic acids is 1. The van der Waals surface area contributed by atoms with Gasteiger partial charge in [0.15, 0.2) is 5.58 Å². The Morgan fingerprint density at radius 1 is 1.30 bits per heavy atom. The van der Waals surface area contributed by atoms with Crippen molar-refractivity contribution in [3.8, 4) is 0 Å². The summed E-state index contributed by atoms with van der Waals surface area (Å²) >= 11 is 0. The van der Waals surface area contributed by atoms with Crippen molar-refractivity contribution < 1.29 is 9.21 Å². The van der Waals surface area contributed by atoms with Gasteiger partial charge < -0.3 is 20.0 Å². The van der Waals surface area contributed by atoms with Crippen molar-refractivity contribution in [3.05, 3.63) is 18.2 Å². The van der Waals surface area contributed by atoms with E-state index in [-0.39, 0.29) is 5.91 Å². The summed E-state index contributed by atoms with van der Waals surface area (Å²) in [4.78, 5) is 19.9. The summed E-state index contributed by atoms with van der Waals surface area (Å²) in [6, 6.07) is 6.06. The Morgan fingerprint density at radius 2 is 2.15 bits per heavy atom. The van der Waals surface area contributed by atoms with Crippen LogP contribution in [0.5, 0.6) is 0 Å². The number of fused-ring (bicyclic) bond motifs is 1. The van der Waals surface area contributed by atoms with E-state index in [2.05, 4.69) is 9.88 Å². The number of carbonyl (C=O) groups is 1. The van der Waals surface area contributed by atoms with E-state index < -0.39 is 0 Å². The molecule has 1 amide bonds. The van der Waals surface area contributed by atoms with Crippen LogP contribution in [0.2, 0.25) is 0 Å². The van der Waals surface area contributed by atoms with Crippen molar-refractivity contribution >= 4 is 28.7 Å². The van der Waals surface area contributed by atoms with Gasteiger partial charge in [-0.1, -0.05) is 0 Å². The highest BCUT2D eigenvalue weighted by molar-refractivity contribution is 5.78. The second kappa shape index (κ2) is 5.03. The van der Waals surface area contributed by atoms with Crippen molar-refractivity contribution in [1.29, 1.82) is 0 Å². The Labute approximate surface area is 117 Å². The van der Waals surface area contributed by atoms with E-state index in [1.807, 2.05) is 17.0 Å². The highest BCUT2D eigenvalue weighted by Gasteiger charge is 2.20. The molecule has 1 aliphatic rings. The number of hydrogen-bond acceptors (Lipinski definition) is 5. The van der Waals surface area contributed by atoms with Crippen LogP contribution in [0.25, 0.3) is 11.1 Å². The number of aromatic nitrogens is 1. The lowest BCUT2D eigenvalue weighted by Gasteiger charge is -2.19. The maximum atomic E-state index is 11.4. The molecule has 1 saturated heterocycles.